The Morgan fingerprint density at radius 1 is 1.32 bits per heavy atom. The Bertz CT molecular complexity index is 1080. The van der Waals surface area contributed by atoms with Crippen LogP contribution in [-0.2, 0) is 24.7 Å². The summed E-state index contributed by atoms with van der Waals surface area (Å²) in [6, 6.07) is 7.87. The molecule has 148 valence electrons. The molecule has 1 atom stereocenters. The Morgan fingerprint density at radius 2 is 2.14 bits per heavy atom. The van der Waals surface area contributed by atoms with Crippen LogP contribution in [0.15, 0.2) is 41.5 Å². The summed E-state index contributed by atoms with van der Waals surface area (Å²) in [5, 5.41) is 0.853. The van der Waals surface area contributed by atoms with Gasteiger partial charge >= 0.3 is 0 Å². The first kappa shape index (κ1) is 18.9. The molecule has 0 spiro atoms. The van der Waals surface area contributed by atoms with Crippen LogP contribution in [0.5, 0.6) is 5.75 Å². The van der Waals surface area contributed by atoms with Gasteiger partial charge in [0.1, 0.15) is 11.3 Å². The van der Waals surface area contributed by atoms with Gasteiger partial charge in [-0.3, -0.25) is 9.35 Å². The van der Waals surface area contributed by atoms with E-state index < -0.39 is 11.3 Å². The molecule has 28 heavy (non-hydrogen) atoms. The lowest BCUT2D eigenvalue weighted by molar-refractivity contribution is 0.301. The normalized spacial score (nSPS) is 15.1. The van der Waals surface area contributed by atoms with E-state index in [4.69, 9.17) is 9.29 Å². The van der Waals surface area contributed by atoms with Crippen molar-refractivity contribution in [2.24, 2.45) is 13.0 Å². The Kier molecular flexibility index (Phi) is 5.34. The second kappa shape index (κ2) is 7.90. The van der Waals surface area contributed by atoms with E-state index in [1.165, 1.54) is 12.8 Å². The zero-order valence-corrected chi connectivity index (χ0v) is 16.4. The van der Waals surface area contributed by atoms with Crippen molar-refractivity contribution in [1.82, 2.24) is 14.3 Å². The van der Waals surface area contributed by atoms with Crippen LogP contribution in [-0.4, -0.2) is 31.5 Å². The largest absolute Gasteiger partial charge is 0.493 e. The summed E-state index contributed by atoms with van der Waals surface area (Å²) in [6.07, 6.45) is 6.62. The van der Waals surface area contributed by atoms with Gasteiger partial charge in [0.2, 0.25) is 11.3 Å². The van der Waals surface area contributed by atoms with Gasteiger partial charge in [-0.2, -0.15) is 0 Å². The molecule has 7 nitrogen and oxygen atoms in total. The number of aryl methyl sites for hydroxylation is 1. The molecule has 0 amide bonds. The zero-order valence-electron chi connectivity index (χ0n) is 15.6. The number of pyridine rings is 1. The predicted octanol–water partition coefficient (Wildman–Crippen LogP) is 2.59. The third-order valence-electron chi connectivity index (χ3n) is 5.04. The van der Waals surface area contributed by atoms with Crippen molar-refractivity contribution in [2.45, 2.75) is 19.3 Å². The molecule has 1 saturated carbocycles. The topological polar surface area (TPSA) is 96.3 Å². The molecule has 4 rings (SSSR count). The zero-order chi connectivity index (χ0) is 19.7. The number of nitrogens with zero attached hydrogens (tertiary/aromatic N) is 1. The molecule has 1 fully saturated rings. The highest BCUT2D eigenvalue weighted by Crippen LogP contribution is 2.37. The molecule has 0 saturated heterocycles. The van der Waals surface area contributed by atoms with E-state index >= 15 is 0 Å². The molecule has 1 aliphatic rings. The minimum absolute atomic E-state index is 0.0741. The minimum atomic E-state index is -2.02. The number of hydrogen-bond donors (Lipinski definition) is 3. The maximum absolute atomic E-state index is 12.4. The molecule has 1 unspecified atom stereocenters. The van der Waals surface area contributed by atoms with Gasteiger partial charge in [0.05, 0.1) is 6.61 Å². The lowest BCUT2D eigenvalue weighted by Crippen LogP contribution is -2.19. The fourth-order valence-electron chi connectivity index (χ4n) is 3.33. The van der Waals surface area contributed by atoms with Crippen LogP contribution in [0.1, 0.15) is 18.4 Å². The van der Waals surface area contributed by atoms with Gasteiger partial charge in [-0.1, -0.05) is 6.07 Å². The third-order valence-corrected chi connectivity index (χ3v) is 5.49. The van der Waals surface area contributed by atoms with Crippen LogP contribution in [0.3, 0.4) is 0 Å². The summed E-state index contributed by atoms with van der Waals surface area (Å²) < 4.78 is 29.9. The van der Waals surface area contributed by atoms with Crippen LogP contribution in [0.2, 0.25) is 0 Å². The number of aromatic nitrogens is 2. The Balaban J connectivity index is 1.75. The van der Waals surface area contributed by atoms with E-state index in [2.05, 4.69) is 9.71 Å². The number of ether oxygens (including phenoxy) is 1. The van der Waals surface area contributed by atoms with Crippen LogP contribution in [0.4, 0.5) is 0 Å². The van der Waals surface area contributed by atoms with Gasteiger partial charge in [0.25, 0.3) is 5.56 Å². The molecule has 0 bridgehead atoms. The highest BCUT2D eigenvalue weighted by Gasteiger charge is 2.23. The smallest absolute Gasteiger partial charge is 0.274 e. The van der Waals surface area contributed by atoms with Crippen molar-refractivity contribution in [3.05, 3.63) is 52.6 Å². The predicted molar refractivity (Wildman–Crippen MR) is 110 cm³/mol. The summed E-state index contributed by atoms with van der Waals surface area (Å²) in [7, 11) is 1.74. The lowest BCUT2D eigenvalue weighted by atomic mass is 9.99. The SMILES string of the molecule is Cn1cc(-c2cc(CCNS(=O)O)ccc2OCC2CC2)c2cc[nH]c2c1=O. The van der Waals surface area contributed by atoms with E-state index in [0.29, 0.717) is 31.0 Å². The van der Waals surface area contributed by atoms with Crippen LogP contribution < -0.4 is 15.0 Å². The van der Waals surface area contributed by atoms with Crippen LogP contribution in [0, 0.1) is 5.92 Å². The maximum Gasteiger partial charge on any atom is 0.274 e. The monoisotopic (exact) mass is 401 g/mol. The fraction of sp³-hybridized carbons (Fsp3) is 0.350. The van der Waals surface area contributed by atoms with Crippen molar-refractivity contribution < 1.29 is 13.5 Å². The first-order valence-corrected chi connectivity index (χ1v) is 10.4. The van der Waals surface area contributed by atoms with Gasteiger partial charge in [0.15, 0.2) is 0 Å². The fourth-order valence-corrected chi connectivity index (χ4v) is 3.60. The van der Waals surface area contributed by atoms with Gasteiger partial charge < -0.3 is 14.3 Å². The number of H-pyrrole nitrogens is 1. The summed E-state index contributed by atoms with van der Waals surface area (Å²) in [5.41, 5.74) is 3.35. The number of aromatic amines is 1. The third kappa shape index (κ3) is 4.04. The molecule has 3 aromatic rings. The Morgan fingerprint density at radius 3 is 2.89 bits per heavy atom. The summed E-state index contributed by atoms with van der Waals surface area (Å²) in [5.74, 6) is 1.42. The Hall–Kier alpha value is -2.42. The van der Waals surface area contributed by atoms with E-state index in [1.54, 1.807) is 17.8 Å². The van der Waals surface area contributed by atoms with Crippen molar-refractivity contribution in [3.63, 3.8) is 0 Å². The van der Waals surface area contributed by atoms with Gasteiger partial charge in [-0.05, 0) is 48.9 Å². The lowest BCUT2D eigenvalue weighted by Gasteiger charge is -2.15. The van der Waals surface area contributed by atoms with Gasteiger partial charge in [-0.15, -0.1) is 0 Å². The number of rotatable bonds is 8. The molecule has 2 aromatic heterocycles. The van der Waals surface area contributed by atoms with Crippen molar-refractivity contribution in [1.29, 1.82) is 0 Å². The van der Waals surface area contributed by atoms with E-state index in [9.17, 15) is 9.00 Å². The molecule has 0 aliphatic heterocycles. The maximum atomic E-state index is 12.4. The van der Waals surface area contributed by atoms with E-state index in [0.717, 1.165) is 27.8 Å². The average molecular weight is 401 g/mol. The van der Waals surface area contributed by atoms with Crippen molar-refractivity contribution in [2.75, 3.05) is 13.2 Å². The molecular weight excluding hydrogens is 378 g/mol. The first-order valence-electron chi connectivity index (χ1n) is 9.30. The summed E-state index contributed by atoms with van der Waals surface area (Å²) >= 11 is -2.02. The van der Waals surface area contributed by atoms with Gasteiger partial charge in [0, 0.05) is 42.5 Å². The number of benzene rings is 1. The van der Waals surface area contributed by atoms with E-state index in [1.807, 2.05) is 30.5 Å². The molecule has 1 aliphatic carbocycles. The molecule has 3 N–H and O–H groups in total. The summed E-state index contributed by atoms with van der Waals surface area (Å²) in [4.78, 5) is 15.4. The van der Waals surface area contributed by atoms with Crippen LogP contribution >= 0.6 is 0 Å². The molecule has 0 radical (unpaired) electrons. The van der Waals surface area contributed by atoms with Crippen molar-refractivity contribution in [3.8, 4) is 16.9 Å². The highest BCUT2D eigenvalue weighted by molar-refractivity contribution is 7.77. The second-order valence-electron chi connectivity index (χ2n) is 7.20. The molecule has 2 heterocycles. The number of fused-ring (bicyclic) bond motifs is 1. The molecular formula is C20H23N3O4S. The van der Waals surface area contributed by atoms with Crippen molar-refractivity contribution >= 4 is 22.2 Å². The van der Waals surface area contributed by atoms with E-state index in [-0.39, 0.29) is 5.56 Å². The van der Waals surface area contributed by atoms with Gasteiger partial charge in [-0.25, -0.2) is 8.93 Å². The second-order valence-corrected chi connectivity index (χ2v) is 7.99. The van der Waals surface area contributed by atoms with Crippen LogP contribution in [0.25, 0.3) is 22.0 Å². The average Bonchev–Trinajstić information content (AvgIpc) is 3.37. The Labute approximate surface area is 165 Å². The summed E-state index contributed by atoms with van der Waals surface area (Å²) in [6.45, 7) is 1.08. The molecule has 8 heteroatoms. The highest BCUT2D eigenvalue weighted by atomic mass is 32.2. The molecule has 1 aromatic carbocycles. The number of nitrogens with one attached hydrogen (secondary N) is 2. The number of hydrogen-bond acceptors (Lipinski definition) is 3. The quantitative estimate of drug-likeness (QED) is 0.506. The standard InChI is InChI=1S/C20H23N3O4S/c1-23-11-17(15-7-8-21-19(15)20(23)24)16-10-13(6-9-22-28(25)26)4-5-18(16)27-12-14-2-3-14/h4-5,7-8,10-11,14,21-22H,2-3,6,9,12H2,1H3,(H,25,26). The minimum Gasteiger partial charge on any atom is -0.493 e. The first-order chi connectivity index (χ1) is 13.5.